The van der Waals surface area contributed by atoms with Gasteiger partial charge in [0.2, 0.25) is 0 Å². The van der Waals surface area contributed by atoms with Crippen LogP contribution in [0, 0.1) is 0 Å². The Morgan fingerprint density at radius 2 is 1.57 bits per heavy atom. The molecule has 5 heteroatoms. The van der Waals surface area contributed by atoms with Gasteiger partial charge in [-0.3, -0.25) is 4.79 Å². The van der Waals surface area contributed by atoms with Crippen molar-refractivity contribution in [2.45, 2.75) is 71.1 Å². The third-order valence-corrected chi connectivity index (χ3v) is 3.06. The molecule has 0 saturated heterocycles. The third kappa shape index (κ3) is 28.3. The smallest absolute Gasteiger partial charge is 0.303 e. The van der Waals surface area contributed by atoms with Crippen LogP contribution in [0.2, 0.25) is 0 Å². The van der Waals surface area contributed by atoms with E-state index in [4.69, 9.17) is 15.9 Å². The van der Waals surface area contributed by atoms with Crippen LogP contribution in [0.4, 0.5) is 0 Å². The van der Waals surface area contributed by atoms with Crippen molar-refractivity contribution in [2.75, 3.05) is 26.2 Å². The van der Waals surface area contributed by atoms with E-state index in [0.29, 0.717) is 6.42 Å². The summed E-state index contributed by atoms with van der Waals surface area (Å²) in [6.45, 7) is 5.18. The quantitative estimate of drug-likeness (QED) is 0.370. The zero-order valence-electron chi connectivity index (χ0n) is 13.8. The number of carbonyl (C=O) groups is 1. The minimum Gasteiger partial charge on any atom is -0.481 e. The first-order chi connectivity index (χ1) is 10.2. The minimum atomic E-state index is -0.666. The number of carboxylic acid groups (broad SMARTS) is 1. The molecule has 21 heavy (non-hydrogen) atoms. The van der Waals surface area contributed by atoms with E-state index in [0.717, 1.165) is 51.7 Å². The average molecular weight is 304 g/mol. The Labute approximate surface area is 130 Å². The highest BCUT2D eigenvalue weighted by Crippen LogP contribution is 2.06. The molecule has 0 aromatic carbocycles. The maximum Gasteiger partial charge on any atom is 0.303 e. The molecule has 0 aliphatic heterocycles. The van der Waals surface area contributed by atoms with Gasteiger partial charge in [0.05, 0.1) is 0 Å². The number of hydrogen-bond acceptors (Lipinski definition) is 4. The number of aliphatic carboxylic acids is 1. The highest BCUT2D eigenvalue weighted by Gasteiger charge is 1.95. The maximum atomic E-state index is 10.1. The Hall–Kier alpha value is -0.650. The summed E-state index contributed by atoms with van der Waals surface area (Å²) in [5.74, 6) is -0.666. The van der Waals surface area contributed by atoms with Gasteiger partial charge in [0.15, 0.2) is 0 Å². The summed E-state index contributed by atoms with van der Waals surface area (Å²) in [4.78, 5) is 10.1. The van der Waals surface area contributed by atoms with Gasteiger partial charge in [-0.2, -0.15) is 0 Å². The Morgan fingerprint density at radius 1 is 0.952 bits per heavy atom. The van der Waals surface area contributed by atoms with Gasteiger partial charge >= 0.3 is 5.97 Å². The minimum absolute atomic E-state index is 0.282. The number of nitrogens with one attached hydrogen (secondary N) is 1. The molecule has 5 nitrogen and oxygen atoms in total. The molecule has 0 bridgehead atoms. The first-order valence-corrected chi connectivity index (χ1v) is 8.42. The van der Waals surface area contributed by atoms with Crippen molar-refractivity contribution in [2.24, 2.45) is 5.73 Å². The van der Waals surface area contributed by atoms with Gasteiger partial charge in [-0.05, 0) is 45.3 Å². The molecular weight excluding hydrogens is 268 g/mol. The van der Waals surface area contributed by atoms with Crippen LogP contribution in [0.15, 0.2) is 0 Å². The number of nitrogens with two attached hydrogens (primary N) is 1. The number of rotatable bonds is 14. The lowest BCUT2D eigenvalue weighted by molar-refractivity contribution is -0.137. The number of hydrogen-bond donors (Lipinski definition) is 4. The summed E-state index contributed by atoms with van der Waals surface area (Å²) in [7, 11) is 0. The highest BCUT2D eigenvalue weighted by molar-refractivity contribution is 5.66. The van der Waals surface area contributed by atoms with E-state index >= 15 is 0 Å². The predicted octanol–water partition coefficient (Wildman–Crippen LogP) is 2.52. The van der Waals surface area contributed by atoms with Gasteiger partial charge in [0, 0.05) is 13.0 Å². The molecule has 0 aromatic rings. The second-order valence-corrected chi connectivity index (χ2v) is 5.23. The molecule has 0 aliphatic rings. The summed E-state index contributed by atoms with van der Waals surface area (Å²) in [6, 6.07) is 0. The van der Waals surface area contributed by atoms with E-state index in [1.54, 1.807) is 0 Å². The van der Waals surface area contributed by atoms with Crippen molar-refractivity contribution >= 4 is 5.97 Å². The topological polar surface area (TPSA) is 95.6 Å². The van der Waals surface area contributed by atoms with Crippen LogP contribution >= 0.6 is 0 Å². The SMILES string of the molecule is CCCCCCCCC(=O)O.NCCCCNCCCO. The second kappa shape index (κ2) is 21.6. The Bertz CT molecular complexity index is 194. The lowest BCUT2D eigenvalue weighted by Crippen LogP contribution is -2.18. The molecule has 0 radical (unpaired) electrons. The van der Waals surface area contributed by atoms with Gasteiger partial charge < -0.3 is 21.3 Å². The van der Waals surface area contributed by atoms with Gasteiger partial charge in [0.25, 0.3) is 0 Å². The van der Waals surface area contributed by atoms with E-state index in [1.165, 1.54) is 25.7 Å². The molecule has 0 amide bonds. The average Bonchev–Trinajstić information content (AvgIpc) is 2.47. The number of unbranched alkanes of at least 4 members (excludes halogenated alkanes) is 6. The van der Waals surface area contributed by atoms with Gasteiger partial charge in [-0.25, -0.2) is 0 Å². The van der Waals surface area contributed by atoms with Gasteiger partial charge in [-0.1, -0.05) is 39.0 Å². The van der Waals surface area contributed by atoms with E-state index < -0.39 is 5.97 Å². The zero-order chi connectivity index (χ0) is 16.2. The standard InChI is InChI=1S/C9H18O2.C7H18N2O/c1-2-3-4-5-6-7-8-9(10)11;8-4-1-2-5-9-6-3-7-10/h2-8H2,1H3,(H,10,11);9-10H,1-8H2. The van der Waals surface area contributed by atoms with Crippen LogP contribution < -0.4 is 11.1 Å². The molecule has 0 spiro atoms. The predicted molar refractivity (Wildman–Crippen MR) is 88.5 cm³/mol. The summed E-state index contributed by atoms with van der Waals surface area (Å²) >= 11 is 0. The Balaban J connectivity index is 0. The fraction of sp³-hybridized carbons (Fsp3) is 0.938. The molecule has 0 atom stereocenters. The van der Waals surface area contributed by atoms with Crippen molar-refractivity contribution in [3.63, 3.8) is 0 Å². The molecule has 0 rings (SSSR count). The first-order valence-electron chi connectivity index (χ1n) is 8.42. The third-order valence-electron chi connectivity index (χ3n) is 3.06. The van der Waals surface area contributed by atoms with Crippen molar-refractivity contribution < 1.29 is 15.0 Å². The van der Waals surface area contributed by atoms with Crippen molar-refractivity contribution in [3.05, 3.63) is 0 Å². The van der Waals surface area contributed by atoms with Crippen molar-refractivity contribution in [1.82, 2.24) is 5.32 Å². The highest BCUT2D eigenvalue weighted by atomic mass is 16.4. The molecule has 128 valence electrons. The molecular formula is C16H36N2O3. The normalized spacial score (nSPS) is 10.0. The van der Waals surface area contributed by atoms with E-state index in [1.807, 2.05) is 0 Å². The van der Waals surface area contributed by atoms with Crippen LogP contribution in [-0.2, 0) is 4.79 Å². The van der Waals surface area contributed by atoms with Gasteiger partial charge in [0.1, 0.15) is 0 Å². The Kier molecular flexibility index (Phi) is 23.3. The summed E-state index contributed by atoms with van der Waals surface area (Å²) in [5.41, 5.74) is 5.30. The number of aliphatic hydroxyl groups excluding tert-OH is 1. The lowest BCUT2D eigenvalue weighted by Gasteiger charge is -2.00. The van der Waals surface area contributed by atoms with Gasteiger partial charge in [-0.15, -0.1) is 0 Å². The van der Waals surface area contributed by atoms with Crippen LogP contribution in [0.5, 0.6) is 0 Å². The summed E-state index contributed by atoms with van der Waals surface area (Å²) in [5, 5.41) is 19.9. The van der Waals surface area contributed by atoms with Crippen LogP contribution in [0.3, 0.4) is 0 Å². The number of aliphatic hydroxyl groups is 1. The molecule has 0 aliphatic carbocycles. The second-order valence-electron chi connectivity index (χ2n) is 5.23. The molecule has 0 aromatic heterocycles. The first kappa shape index (κ1) is 22.6. The molecule has 0 unspecified atom stereocenters. The fourth-order valence-corrected chi connectivity index (χ4v) is 1.78. The van der Waals surface area contributed by atoms with Crippen LogP contribution in [0.25, 0.3) is 0 Å². The molecule has 5 N–H and O–H groups in total. The lowest BCUT2D eigenvalue weighted by atomic mass is 10.1. The Morgan fingerprint density at radius 3 is 2.14 bits per heavy atom. The monoisotopic (exact) mass is 304 g/mol. The van der Waals surface area contributed by atoms with Crippen LogP contribution in [0.1, 0.15) is 71.1 Å². The summed E-state index contributed by atoms with van der Waals surface area (Å²) in [6.07, 6.45) is 10.3. The van der Waals surface area contributed by atoms with E-state index in [-0.39, 0.29) is 6.61 Å². The van der Waals surface area contributed by atoms with Crippen molar-refractivity contribution in [1.29, 1.82) is 0 Å². The molecule has 0 heterocycles. The molecule has 0 fully saturated rings. The number of carboxylic acids is 1. The fourth-order valence-electron chi connectivity index (χ4n) is 1.78. The zero-order valence-corrected chi connectivity index (χ0v) is 13.8. The largest absolute Gasteiger partial charge is 0.481 e. The maximum absolute atomic E-state index is 10.1. The summed E-state index contributed by atoms with van der Waals surface area (Å²) < 4.78 is 0. The molecule has 0 saturated carbocycles. The van der Waals surface area contributed by atoms with E-state index in [2.05, 4.69) is 12.2 Å². The van der Waals surface area contributed by atoms with E-state index in [9.17, 15) is 4.79 Å². The van der Waals surface area contributed by atoms with Crippen molar-refractivity contribution in [3.8, 4) is 0 Å². The van der Waals surface area contributed by atoms with Crippen LogP contribution in [-0.4, -0.2) is 42.4 Å².